The Morgan fingerprint density at radius 3 is 2.86 bits per heavy atom. The minimum atomic E-state index is -0.579. The minimum Gasteiger partial charge on any atom is -0.467 e. The first-order valence-electron chi connectivity index (χ1n) is 6.31. The molecule has 0 saturated heterocycles. The molecule has 0 radical (unpaired) electrons. The van der Waals surface area contributed by atoms with E-state index in [4.69, 9.17) is 9.68 Å². The van der Waals surface area contributed by atoms with Crippen LogP contribution in [0.2, 0.25) is 0 Å². The highest BCUT2D eigenvalue weighted by molar-refractivity contribution is 5.81. The smallest absolute Gasteiger partial charge is 0.292 e. The average Bonchev–Trinajstić information content (AvgIpc) is 3.03. The largest absolute Gasteiger partial charge is 0.467 e. The number of carbonyl (C=O) groups excluding carboxylic acids is 1. The van der Waals surface area contributed by atoms with Crippen molar-refractivity contribution >= 4 is 17.3 Å². The fourth-order valence-electron chi connectivity index (χ4n) is 1.74. The topological polar surface area (TPSA) is 121 Å². The zero-order valence-corrected chi connectivity index (χ0v) is 11.4. The molecule has 0 saturated carbocycles. The summed E-state index contributed by atoms with van der Waals surface area (Å²) in [5.41, 5.74) is 0.194. The van der Waals surface area contributed by atoms with Crippen molar-refractivity contribution in [3.63, 3.8) is 0 Å². The van der Waals surface area contributed by atoms with Gasteiger partial charge in [-0.1, -0.05) is 0 Å². The van der Waals surface area contributed by atoms with E-state index in [0.29, 0.717) is 5.76 Å². The number of rotatable bonds is 6. The van der Waals surface area contributed by atoms with Gasteiger partial charge in [0.25, 0.3) is 5.69 Å². The van der Waals surface area contributed by atoms with E-state index >= 15 is 0 Å². The van der Waals surface area contributed by atoms with Gasteiger partial charge in [-0.05, 0) is 24.3 Å². The number of nitriles is 1. The molecule has 2 rings (SSSR count). The van der Waals surface area contributed by atoms with Gasteiger partial charge in [-0.3, -0.25) is 14.9 Å². The highest BCUT2D eigenvalue weighted by atomic mass is 16.6. The zero-order valence-electron chi connectivity index (χ0n) is 11.4. The standard InChI is InChI=1S/C14H12N4O4/c15-7-10-3-4-13(18(20)21)12(6-10)16-9-14(19)17-8-11-2-1-5-22-11/h1-6,16H,8-9H2,(H,17,19). The highest BCUT2D eigenvalue weighted by Gasteiger charge is 2.15. The SMILES string of the molecule is N#Cc1ccc([N+](=O)[O-])c(NCC(=O)NCc2ccco2)c1. The number of carbonyl (C=O) groups is 1. The molecule has 1 aromatic carbocycles. The molecule has 8 nitrogen and oxygen atoms in total. The summed E-state index contributed by atoms with van der Waals surface area (Å²) in [4.78, 5) is 22.0. The number of nitrogens with zero attached hydrogens (tertiary/aromatic N) is 2. The normalized spacial score (nSPS) is 9.77. The average molecular weight is 300 g/mol. The summed E-state index contributed by atoms with van der Waals surface area (Å²) in [6.45, 7) is 0.0737. The Kier molecular flexibility index (Phi) is 4.72. The quantitative estimate of drug-likeness (QED) is 0.619. The van der Waals surface area contributed by atoms with E-state index in [9.17, 15) is 14.9 Å². The molecular formula is C14H12N4O4. The number of nitrogens with one attached hydrogen (secondary N) is 2. The zero-order chi connectivity index (χ0) is 15.9. The Hall–Kier alpha value is -3.34. The van der Waals surface area contributed by atoms with Gasteiger partial charge in [-0.25, -0.2) is 0 Å². The summed E-state index contributed by atoms with van der Waals surface area (Å²) in [5, 5.41) is 25.0. The molecule has 0 aliphatic carbocycles. The Balaban J connectivity index is 1.96. The second-order valence-corrected chi connectivity index (χ2v) is 4.31. The summed E-state index contributed by atoms with van der Waals surface area (Å²) in [7, 11) is 0. The van der Waals surface area contributed by atoms with Crippen LogP contribution in [-0.2, 0) is 11.3 Å². The lowest BCUT2D eigenvalue weighted by Crippen LogP contribution is -2.29. The third-order valence-electron chi connectivity index (χ3n) is 2.80. The molecule has 1 amide bonds. The summed E-state index contributed by atoms with van der Waals surface area (Å²) < 4.78 is 5.07. The van der Waals surface area contributed by atoms with Gasteiger partial charge in [0, 0.05) is 6.07 Å². The summed E-state index contributed by atoms with van der Waals surface area (Å²) >= 11 is 0. The lowest BCUT2D eigenvalue weighted by Gasteiger charge is -2.07. The molecule has 0 aliphatic heterocycles. The lowest BCUT2D eigenvalue weighted by molar-refractivity contribution is -0.384. The van der Waals surface area contributed by atoms with Crippen molar-refractivity contribution in [2.24, 2.45) is 0 Å². The number of nitro benzene ring substituents is 1. The Bertz CT molecular complexity index is 719. The second kappa shape index (κ2) is 6.90. The second-order valence-electron chi connectivity index (χ2n) is 4.31. The first kappa shape index (κ1) is 15.1. The highest BCUT2D eigenvalue weighted by Crippen LogP contribution is 2.24. The van der Waals surface area contributed by atoms with Crippen molar-refractivity contribution in [1.29, 1.82) is 5.26 Å². The molecule has 0 aliphatic rings. The molecule has 0 fully saturated rings. The maximum atomic E-state index is 11.7. The predicted octanol–water partition coefficient (Wildman–Crippen LogP) is 1.79. The van der Waals surface area contributed by atoms with Crippen LogP contribution >= 0.6 is 0 Å². The number of hydrogen-bond donors (Lipinski definition) is 2. The van der Waals surface area contributed by atoms with Gasteiger partial charge in [0.1, 0.15) is 11.4 Å². The predicted molar refractivity (Wildman–Crippen MR) is 76.9 cm³/mol. The molecule has 2 N–H and O–H groups in total. The van der Waals surface area contributed by atoms with Crippen molar-refractivity contribution in [3.05, 3.63) is 58.0 Å². The molecule has 2 aromatic rings. The number of amides is 1. The van der Waals surface area contributed by atoms with Crippen molar-refractivity contribution in [2.75, 3.05) is 11.9 Å². The van der Waals surface area contributed by atoms with Gasteiger partial charge in [0.15, 0.2) is 0 Å². The van der Waals surface area contributed by atoms with E-state index in [1.165, 1.54) is 24.5 Å². The van der Waals surface area contributed by atoms with Crippen molar-refractivity contribution in [2.45, 2.75) is 6.54 Å². The van der Waals surface area contributed by atoms with Crippen LogP contribution in [0.25, 0.3) is 0 Å². The Morgan fingerprint density at radius 1 is 1.41 bits per heavy atom. The molecule has 0 atom stereocenters. The van der Waals surface area contributed by atoms with E-state index in [-0.39, 0.29) is 35.9 Å². The minimum absolute atomic E-state index is 0.122. The van der Waals surface area contributed by atoms with E-state index in [1.807, 2.05) is 6.07 Å². The van der Waals surface area contributed by atoms with Crippen LogP contribution in [0.3, 0.4) is 0 Å². The van der Waals surface area contributed by atoms with Crippen LogP contribution < -0.4 is 10.6 Å². The van der Waals surface area contributed by atoms with E-state index in [0.717, 1.165) is 0 Å². The van der Waals surface area contributed by atoms with Crippen LogP contribution in [0.1, 0.15) is 11.3 Å². The van der Waals surface area contributed by atoms with Gasteiger partial charge < -0.3 is 15.1 Å². The fourth-order valence-corrected chi connectivity index (χ4v) is 1.74. The van der Waals surface area contributed by atoms with Gasteiger partial charge in [-0.15, -0.1) is 0 Å². The van der Waals surface area contributed by atoms with Crippen molar-refractivity contribution in [3.8, 4) is 6.07 Å². The lowest BCUT2D eigenvalue weighted by atomic mass is 10.2. The maximum absolute atomic E-state index is 11.7. The van der Waals surface area contributed by atoms with Crippen molar-refractivity contribution in [1.82, 2.24) is 5.32 Å². The molecule has 0 bridgehead atoms. The third kappa shape index (κ3) is 3.83. The molecule has 112 valence electrons. The first-order valence-corrected chi connectivity index (χ1v) is 6.31. The summed E-state index contributed by atoms with van der Waals surface area (Å²) in [6.07, 6.45) is 1.50. The molecule has 8 heteroatoms. The molecule has 1 heterocycles. The molecular weight excluding hydrogens is 288 g/mol. The summed E-state index contributed by atoms with van der Waals surface area (Å²) in [5.74, 6) is 0.249. The maximum Gasteiger partial charge on any atom is 0.292 e. The number of anilines is 1. The molecule has 0 unspecified atom stereocenters. The Labute approximate surface area is 125 Å². The molecule has 0 spiro atoms. The van der Waals surface area contributed by atoms with Crippen LogP contribution in [-0.4, -0.2) is 17.4 Å². The first-order chi connectivity index (χ1) is 10.6. The summed E-state index contributed by atoms with van der Waals surface area (Å²) in [6, 6.07) is 9.21. The number of hydrogen-bond acceptors (Lipinski definition) is 6. The van der Waals surface area contributed by atoms with Crippen LogP contribution in [0, 0.1) is 21.4 Å². The van der Waals surface area contributed by atoms with Gasteiger partial charge in [-0.2, -0.15) is 5.26 Å². The monoisotopic (exact) mass is 300 g/mol. The number of nitro groups is 1. The molecule has 1 aromatic heterocycles. The van der Waals surface area contributed by atoms with Gasteiger partial charge in [0.2, 0.25) is 5.91 Å². The van der Waals surface area contributed by atoms with E-state index in [1.54, 1.807) is 12.1 Å². The van der Waals surface area contributed by atoms with Crippen LogP contribution in [0.4, 0.5) is 11.4 Å². The number of benzene rings is 1. The van der Waals surface area contributed by atoms with E-state index in [2.05, 4.69) is 10.6 Å². The molecule has 22 heavy (non-hydrogen) atoms. The number of furan rings is 1. The fraction of sp³-hybridized carbons (Fsp3) is 0.143. The van der Waals surface area contributed by atoms with Gasteiger partial charge in [0.05, 0.1) is 35.9 Å². The Morgan fingerprint density at radius 2 is 2.23 bits per heavy atom. The van der Waals surface area contributed by atoms with Crippen molar-refractivity contribution < 1.29 is 14.1 Å². The third-order valence-corrected chi connectivity index (χ3v) is 2.80. The van der Waals surface area contributed by atoms with E-state index < -0.39 is 4.92 Å². The van der Waals surface area contributed by atoms with Crippen LogP contribution in [0.5, 0.6) is 0 Å². The van der Waals surface area contributed by atoms with Crippen LogP contribution in [0.15, 0.2) is 41.0 Å². The van der Waals surface area contributed by atoms with Gasteiger partial charge >= 0.3 is 0 Å².